The first-order chi connectivity index (χ1) is 14.7. The Kier molecular flexibility index (Phi) is 5.75. The average Bonchev–Trinajstić information content (AvgIpc) is 3.20. The summed E-state index contributed by atoms with van der Waals surface area (Å²) in [5.41, 5.74) is 4.95. The zero-order chi connectivity index (χ0) is 20.9. The van der Waals surface area contributed by atoms with Gasteiger partial charge in [0.15, 0.2) is 0 Å². The summed E-state index contributed by atoms with van der Waals surface area (Å²) in [5.74, 6) is 0.417. The third-order valence-corrected chi connectivity index (χ3v) is 5.24. The van der Waals surface area contributed by atoms with Gasteiger partial charge in [0.2, 0.25) is 5.91 Å². The molecule has 3 aromatic carbocycles. The molecule has 0 unspecified atom stereocenters. The summed E-state index contributed by atoms with van der Waals surface area (Å²) >= 11 is 0. The maximum atomic E-state index is 13.2. The van der Waals surface area contributed by atoms with Crippen molar-refractivity contribution in [2.45, 2.75) is 26.2 Å². The molecule has 150 valence electrons. The Labute approximate surface area is 177 Å². The van der Waals surface area contributed by atoms with Crippen LogP contribution in [0.1, 0.15) is 30.4 Å². The van der Waals surface area contributed by atoms with Gasteiger partial charge >= 0.3 is 0 Å². The number of nitrogens with zero attached hydrogens (tertiary/aromatic N) is 2. The summed E-state index contributed by atoms with van der Waals surface area (Å²) in [6.07, 6.45) is 0.722. The molecule has 0 radical (unpaired) electrons. The van der Waals surface area contributed by atoms with E-state index >= 15 is 0 Å². The number of hydrogen-bond donors (Lipinski definition) is 1. The molecule has 30 heavy (non-hydrogen) atoms. The van der Waals surface area contributed by atoms with Crippen molar-refractivity contribution < 1.29 is 4.79 Å². The minimum Gasteiger partial charge on any atom is -0.310 e. The van der Waals surface area contributed by atoms with Crippen LogP contribution in [0.3, 0.4) is 0 Å². The minimum absolute atomic E-state index is 0.0313. The van der Waals surface area contributed by atoms with E-state index in [1.165, 1.54) is 5.56 Å². The molecule has 0 aliphatic carbocycles. The Morgan fingerprint density at radius 1 is 0.933 bits per heavy atom. The second kappa shape index (κ2) is 8.78. The monoisotopic (exact) mass is 395 g/mol. The van der Waals surface area contributed by atoms with Gasteiger partial charge in [-0.25, -0.2) is 4.68 Å². The van der Waals surface area contributed by atoms with Crippen LogP contribution in [0.5, 0.6) is 0 Å². The van der Waals surface area contributed by atoms with Crippen LogP contribution in [0, 0.1) is 6.92 Å². The van der Waals surface area contributed by atoms with Crippen LogP contribution in [-0.2, 0) is 4.79 Å². The second-order valence-electron chi connectivity index (χ2n) is 7.39. The maximum absolute atomic E-state index is 13.2. The van der Waals surface area contributed by atoms with E-state index in [-0.39, 0.29) is 11.8 Å². The van der Waals surface area contributed by atoms with E-state index in [4.69, 9.17) is 5.10 Å². The zero-order valence-corrected chi connectivity index (χ0v) is 17.2. The fraction of sp³-hybridized carbons (Fsp3) is 0.154. The lowest BCUT2D eigenvalue weighted by molar-refractivity contribution is -0.117. The number of anilines is 1. The van der Waals surface area contributed by atoms with Gasteiger partial charge in [-0.05, 0) is 31.0 Å². The normalized spacial score (nSPS) is 11.8. The van der Waals surface area contributed by atoms with Crippen molar-refractivity contribution in [3.8, 4) is 16.9 Å². The highest BCUT2D eigenvalue weighted by atomic mass is 16.2. The average molecular weight is 396 g/mol. The van der Waals surface area contributed by atoms with Gasteiger partial charge < -0.3 is 5.32 Å². The van der Waals surface area contributed by atoms with E-state index in [1.807, 2.05) is 73.7 Å². The lowest BCUT2D eigenvalue weighted by atomic mass is 9.96. The Morgan fingerprint density at radius 3 is 2.20 bits per heavy atom. The standard InChI is InChI=1S/C26H25N3O/c1-3-23(20-10-6-4-7-11-20)26(30)27-25-18-24(21-16-14-19(2)15-17-21)28-29(25)22-12-8-5-9-13-22/h4-18,23H,3H2,1-2H3,(H,27,30)/t23-/m1/s1. The quantitative estimate of drug-likeness (QED) is 0.436. The largest absolute Gasteiger partial charge is 0.310 e. The van der Waals surface area contributed by atoms with Crippen LogP contribution in [0.15, 0.2) is 91.0 Å². The van der Waals surface area contributed by atoms with Gasteiger partial charge in [0.1, 0.15) is 5.82 Å². The fourth-order valence-corrected chi connectivity index (χ4v) is 3.57. The highest BCUT2D eigenvalue weighted by Gasteiger charge is 2.21. The molecule has 4 aromatic rings. The van der Waals surface area contributed by atoms with Crippen LogP contribution >= 0.6 is 0 Å². The van der Waals surface area contributed by atoms with Crippen molar-refractivity contribution in [3.63, 3.8) is 0 Å². The molecule has 0 saturated carbocycles. The number of rotatable bonds is 6. The molecule has 4 rings (SSSR count). The van der Waals surface area contributed by atoms with E-state index in [1.54, 1.807) is 4.68 Å². The number of hydrogen-bond acceptors (Lipinski definition) is 2. The first kappa shape index (κ1) is 19.6. The molecule has 1 N–H and O–H groups in total. The summed E-state index contributed by atoms with van der Waals surface area (Å²) in [6, 6.07) is 29.9. The molecular formula is C26H25N3O. The molecule has 1 heterocycles. The first-order valence-electron chi connectivity index (χ1n) is 10.2. The Balaban J connectivity index is 1.70. The molecule has 4 nitrogen and oxygen atoms in total. The van der Waals surface area contributed by atoms with Crippen molar-refractivity contribution in [1.29, 1.82) is 0 Å². The fourth-order valence-electron chi connectivity index (χ4n) is 3.57. The lowest BCUT2D eigenvalue weighted by Crippen LogP contribution is -2.22. The Bertz CT molecular complexity index is 1120. The van der Waals surface area contributed by atoms with Crippen LogP contribution in [0.4, 0.5) is 5.82 Å². The van der Waals surface area contributed by atoms with Crippen molar-refractivity contribution in [2.75, 3.05) is 5.32 Å². The predicted molar refractivity (Wildman–Crippen MR) is 122 cm³/mol. The summed E-state index contributed by atoms with van der Waals surface area (Å²) in [5, 5.41) is 7.91. The van der Waals surface area contributed by atoms with E-state index in [0.717, 1.165) is 28.9 Å². The zero-order valence-electron chi connectivity index (χ0n) is 17.2. The van der Waals surface area contributed by atoms with Gasteiger partial charge in [0.05, 0.1) is 17.3 Å². The molecule has 0 bridgehead atoms. The second-order valence-corrected chi connectivity index (χ2v) is 7.39. The highest BCUT2D eigenvalue weighted by molar-refractivity contribution is 5.95. The molecule has 1 atom stereocenters. The van der Waals surface area contributed by atoms with Crippen molar-refractivity contribution >= 4 is 11.7 Å². The summed E-state index contributed by atoms with van der Waals surface area (Å²) in [7, 11) is 0. The molecule has 0 fully saturated rings. The van der Waals surface area contributed by atoms with Crippen LogP contribution in [-0.4, -0.2) is 15.7 Å². The number of amides is 1. The molecule has 1 amide bonds. The molecule has 0 aliphatic rings. The number of carbonyl (C=O) groups is 1. The minimum atomic E-state index is -0.215. The van der Waals surface area contributed by atoms with Crippen LogP contribution < -0.4 is 5.32 Å². The van der Waals surface area contributed by atoms with Gasteiger partial charge in [-0.3, -0.25) is 4.79 Å². The molecular weight excluding hydrogens is 370 g/mol. The van der Waals surface area contributed by atoms with E-state index in [9.17, 15) is 4.79 Å². The third-order valence-electron chi connectivity index (χ3n) is 5.24. The smallest absolute Gasteiger partial charge is 0.233 e. The number of carbonyl (C=O) groups excluding carboxylic acids is 1. The molecule has 4 heteroatoms. The van der Waals surface area contributed by atoms with Crippen molar-refractivity contribution in [2.24, 2.45) is 0 Å². The van der Waals surface area contributed by atoms with Crippen molar-refractivity contribution in [3.05, 3.63) is 102 Å². The third kappa shape index (κ3) is 4.18. The van der Waals surface area contributed by atoms with Gasteiger partial charge in [0.25, 0.3) is 0 Å². The molecule has 0 spiro atoms. The Hall–Kier alpha value is -3.66. The number of para-hydroxylation sites is 1. The number of benzene rings is 3. The maximum Gasteiger partial charge on any atom is 0.233 e. The van der Waals surface area contributed by atoms with E-state index in [0.29, 0.717) is 5.82 Å². The van der Waals surface area contributed by atoms with Crippen molar-refractivity contribution in [1.82, 2.24) is 9.78 Å². The van der Waals surface area contributed by atoms with Gasteiger partial charge in [0, 0.05) is 11.6 Å². The van der Waals surface area contributed by atoms with Crippen LogP contribution in [0.25, 0.3) is 16.9 Å². The number of aromatic nitrogens is 2. The number of nitrogens with one attached hydrogen (secondary N) is 1. The molecule has 0 saturated heterocycles. The SMILES string of the molecule is CC[C@@H](C(=O)Nc1cc(-c2ccc(C)cc2)nn1-c1ccccc1)c1ccccc1. The lowest BCUT2D eigenvalue weighted by Gasteiger charge is -2.16. The molecule has 1 aromatic heterocycles. The summed E-state index contributed by atoms with van der Waals surface area (Å²) < 4.78 is 1.80. The Morgan fingerprint density at radius 2 is 1.57 bits per heavy atom. The van der Waals surface area contributed by atoms with E-state index < -0.39 is 0 Å². The number of aryl methyl sites for hydroxylation is 1. The van der Waals surface area contributed by atoms with Crippen LogP contribution in [0.2, 0.25) is 0 Å². The molecule has 0 aliphatic heterocycles. The summed E-state index contributed by atoms with van der Waals surface area (Å²) in [4.78, 5) is 13.2. The van der Waals surface area contributed by atoms with Gasteiger partial charge in [-0.1, -0.05) is 85.3 Å². The highest BCUT2D eigenvalue weighted by Crippen LogP contribution is 2.27. The first-order valence-corrected chi connectivity index (χ1v) is 10.2. The topological polar surface area (TPSA) is 46.9 Å². The van der Waals surface area contributed by atoms with Gasteiger partial charge in [-0.15, -0.1) is 0 Å². The summed E-state index contributed by atoms with van der Waals surface area (Å²) in [6.45, 7) is 4.09. The van der Waals surface area contributed by atoms with Gasteiger partial charge in [-0.2, -0.15) is 5.10 Å². The van der Waals surface area contributed by atoms with E-state index in [2.05, 4.69) is 36.5 Å². The predicted octanol–water partition coefficient (Wildman–Crippen LogP) is 5.98.